The molecule has 1 rings (SSSR count). The van der Waals surface area contributed by atoms with Crippen LogP contribution in [0.5, 0.6) is 5.75 Å². The summed E-state index contributed by atoms with van der Waals surface area (Å²) in [6.07, 6.45) is 0.551. The van der Waals surface area contributed by atoms with Gasteiger partial charge in [0, 0.05) is 30.2 Å². The molecule has 21 heavy (non-hydrogen) atoms. The Bertz CT molecular complexity index is 405. The molecule has 0 aliphatic carbocycles. The SMILES string of the molecule is CCN(CC)CCNC(=O)CCSc1ccc(OC)cc1. The van der Waals surface area contributed by atoms with Crippen molar-refractivity contribution in [1.29, 1.82) is 0 Å². The Morgan fingerprint density at radius 2 is 1.90 bits per heavy atom. The number of carbonyl (C=O) groups excluding carboxylic acids is 1. The lowest BCUT2D eigenvalue weighted by Crippen LogP contribution is -2.34. The van der Waals surface area contributed by atoms with E-state index in [9.17, 15) is 4.79 Å². The van der Waals surface area contributed by atoms with Gasteiger partial charge in [0.1, 0.15) is 5.75 Å². The number of nitrogens with one attached hydrogen (secondary N) is 1. The number of likely N-dealkylation sites (N-methyl/N-ethyl adjacent to an activating group) is 1. The van der Waals surface area contributed by atoms with Gasteiger partial charge in [-0.3, -0.25) is 4.79 Å². The molecule has 1 N–H and O–H groups in total. The highest BCUT2D eigenvalue weighted by Gasteiger charge is 2.03. The Kier molecular flexibility index (Phi) is 8.94. The average molecular weight is 310 g/mol. The zero-order valence-electron chi connectivity index (χ0n) is 13.2. The summed E-state index contributed by atoms with van der Waals surface area (Å²) in [5.41, 5.74) is 0. The number of methoxy groups -OCH3 is 1. The van der Waals surface area contributed by atoms with E-state index >= 15 is 0 Å². The first-order valence-corrected chi connectivity index (χ1v) is 8.44. The van der Waals surface area contributed by atoms with Crippen LogP contribution in [0, 0.1) is 0 Å². The van der Waals surface area contributed by atoms with E-state index in [0.717, 1.165) is 42.6 Å². The summed E-state index contributed by atoms with van der Waals surface area (Å²) < 4.78 is 5.12. The maximum absolute atomic E-state index is 11.7. The highest BCUT2D eigenvalue weighted by molar-refractivity contribution is 7.99. The molecule has 0 saturated carbocycles. The first kappa shape index (κ1) is 17.9. The molecule has 5 heteroatoms. The number of ether oxygens (including phenoxy) is 1. The molecule has 0 aliphatic heterocycles. The molecule has 0 spiro atoms. The van der Waals surface area contributed by atoms with E-state index in [4.69, 9.17) is 4.74 Å². The molecule has 0 saturated heterocycles. The van der Waals surface area contributed by atoms with Gasteiger partial charge in [-0.15, -0.1) is 11.8 Å². The van der Waals surface area contributed by atoms with Crippen molar-refractivity contribution < 1.29 is 9.53 Å². The van der Waals surface area contributed by atoms with Crippen LogP contribution in [0.25, 0.3) is 0 Å². The van der Waals surface area contributed by atoms with Crippen LogP contribution in [0.1, 0.15) is 20.3 Å². The van der Waals surface area contributed by atoms with Crippen LogP contribution in [-0.2, 0) is 4.79 Å². The lowest BCUT2D eigenvalue weighted by atomic mass is 10.3. The molecule has 1 aromatic rings. The van der Waals surface area contributed by atoms with Crippen LogP contribution in [0.4, 0.5) is 0 Å². The van der Waals surface area contributed by atoms with Gasteiger partial charge in [-0.2, -0.15) is 0 Å². The summed E-state index contributed by atoms with van der Waals surface area (Å²) >= 11 is 1.69. The van der Waals surface area contributed by atoms with Crippen molar-refractivity contribution in [2.24, 2.45) is 0 Å². The molecule has 0 fully saturated rings. The van der Waals surface area contributed by atoms with Crippen LogP contribution in [0.3, 0.4) is 0 Å². The lowest BCUT2D eigenvalue weighted by Gasteiger charge is -2.17. The topological polar surface area (TPSA) is 41.6 Å². The maximum atomic E-state index is 11.7. The van der Waals surface area contributed by atoms with Crippen molar-refractivity contribution >= 4 is 17.7 Å². The third-order valence-corrected chi connectivity index (χ3v) is 4.32. The second-order valence-electron chi connectivity index (χ2n) is 4.65. The fraction of sp³-hybridized carbons (Fsp3) is 0.562. The van der Waals surface area contributed by atoms with Gasteiger partial charge >= 0.3 is 0 Å². The Labute approximate surface area is 132 Å². The van der Waals surface area contributed by atoms with Gasteiger partial charge in [-0.25, -0.2) is 0 Å². The highest BCUT2D eigenvalue weighted by atomic mass is 32.2. The second kappa shape index (κ2) is 10.5. The average Bonchev–Trinajstić information content (AvgIpc) is 2.52. The first-order chi connectivity index (χ1) is 10.2. The molecule has 4 nitrogen and oxygen atoms in total. The van der Waals surface area contributed by atoms with Gasteiger partial charge in [0.05, 0.1) is 7.11 Å². The summed E-state index contributed by atoms with van der Waals surface area (Å²) in [5, 5.41) is 2.97. The normalized spacial score (nSPS) is 10.7. The minimum absolute atomic E-state index is 0.128. The molecule has 0 aliphatic rings. The van der Waals surface area contributed by atoms with Gasteiger partial charge in [-0.1, -0.05) is 13.8 Å². The number of thioether (sulfide) groups is 1. The molecule has 1 aromatic carbocycles. The van der Waals surface area contributed by atoms with Crippen molar-refractivity contribution in [3.63, 3.8) is 0 Å². The summed E-state index contributed by atoms with van der Waals surface area (Å²) in [6.45, 7) is 7.98. The Morgan fingerprint density at radius 1 is 1.24 bits per heavy atom. The van der Waals surface area contributed by atoms with Gasteiger partial charge in [0.2, 0.25) is 5.91 Å². The minimum Gasteiger partial charge on any atom is -0.497 e. The summed E-state index contributed by atoms with van der Waals surface area (Å²) in [5.74, 6) is 1.78. The van der Waals surface area contributed by atoms with Crippen LogP contribution in [-0.4, -0.2) is 49.8 Å². The largest absolute Gasteiger partial charge is 0.497 e. The van der Waals surface area contributed by atoms with Crippen LogP contribution >= 0.6 is 11.8 Å². The maximum Gasteiger partial charge on any atom is 0.220 e. The fourth-order valence-corrected chi connectivity index (χ4v) is 2.77. The van der Waals surface area contributed by atoms with Crippen LogP contribution in [0.15, 0.2) is 29.2 Å². The number of nitrogens with zero attached hydrogens (tertiary/aromatic N) is 1. The number of hydrogen-bond donors (Lipinski definition) is 1. The number of hydrogen-bond acceptors (Lipinski definition) is 4. The Hall–Kier alpha value is -1.20. The molecule has 118 valence electrons. The van der Waals surface area contributed by atoms with Crippen molar-refractivity contribution in [1.82, 2.24) is 10.2 Å². The van der Waals surface area contributed by atoms with Crippen molar-refractivity contribution in [2.45, 2.75) is 25.2 Å². The number of benzene rings is 1. The van der Waals surface area contributed by atoms with E-state index < -0.39 is 0 Å². The zero-order chi connectivity index (χ0) is 15.5. The zero-order valence-corrected chi connectivity index (χ0v) is 14.0. The number of amides is 1. The summed E-state index contributed by atoms with van der Waals surface area (Å²) in [6, 6.07) is 7.91. The smallest absolute Gasteiger partial charge is 0.220 e. The highest BCUT2D eigenvalue weighted by Crippen LogP contribution is 2.21. The lowest BCUT2D eigenvalue weighted by molar-refractivity contribution is -0.120. The van der Waals surface area contributed by atoms with Gasteiger partial charge in [0.25, 0.3) is 0 Å². The van der Waals surface area contributed by atoms with Crippen LogP contribution < -0.4 is 10.1 Å². The van der Waals surface area contributed by atoms with Crippen LogP contribution in [0.2, 0.25) is 0 Å². The molecule has 0 aromatic heterocycles. The predicted octanol–water partition coefficient (Wildman–Crippen LogP) is 2.64. The van der Waals surface area contributed by atoms with E-state index in [-0.39, 0.29) is 5.91 Å². The molecule has 1 amide bonds. The molecule has 0 atom stereocenters. The third-order valence-electron chi connectivity index (χ3n) is 3.30. The molecule has 0 unspecified atom stereocenters. The van der Waals surface area contributed by atoms with E-state index in [0.29, 0.717) is 6.42 Å². The predicted molar refractivity (Wildman–Crippen MR) is 89.1 cm³/mol. The van der Waals surface area contributed by atoms with Gasteiger partial charge < -0.3 is 15.0 Å². The van der Waals surface area contributed by atoms with Crippen molar-refractivity contribution in [3.05, 3.63) is 24.3 Å². The summed E-state index contributed by atoms with van der Waals surface area (Å²) in [7, 11) is 1.66. The summed E-state index contributed by atoms with van der Waals surface area (Å²) in [4.78, 5) is 15.2. The van der Waals surface area contributed by atoms with Crippen molar-refractivity contribution in [2.75, 3.05) is 39.0 Å². The quantitative estimate of drug-likeness (QED) is 0.675. The second-order valence-corrected chi connectivity index (χ2v) is 5.82. The van der Waals surface area contributed by atoms with Crippen molar-refractivity contribution in [3.8, 4) is 5.75 Å². The Morgan fingerprint density at radius 3 is 2.48 bits per heavy atom. The molecular weight excluding hydrogens is 284 g/mol. The van der Waals surface area contributed by atoms with E-state index in [1.54, 1.807) is 18.9 Å². The molecule has 0 bridgehead atoms. The Balaban J connectivity index is 2.15. The minimum atomic E-state index is 0.128. The standard InChI is InChI=1S/C16H26N2O2S/c1-4-18(5-2)12-11-17-16(19)10-13-21-15-8-6-14(20-3)7-9-15/h6-9H,4-5,10-13H2,1-3H3,(H,17,19). The van der Waals surface area contributed by atoms with Gasteiger partial charge in [-0.05, 0) is 37.4 Å². The fourth-order valence-electron chi connectivity index (χ4n) is 1.92. The van der Waals surface area contributed by atoms with Gasteiger partial charge in [0.15, 0.2) is 0 Å². The molecular formula is C16H26N2O2S. The number of carbonyl (C=O) groups is 1. The van der Waals surface area contributed by atoms with E-state index in [1.807, 2.05) is 24.3 Å². The first-order valence-electron chi connectivity index (χ1n) is 7.45. The number of rotatable bonds is 10. The van der Waals surface area contributed by atoms with E-state index in [2.05, 4.69) is 24.1 Å². The molecule has 0 radical (unpaired) electrons. The monoisotopic (exact) mass is 310 g/mol. The van der Waals surface area contributed by atoms with E-state index in [1.165, 1.54) is 0 Å². The third kappa shape index (κ3) is 7.39. The molecule has 0 heterocycles.